The molecule has 0 radical (unpaired) electrons. The lowest BCUT2D eigenvalue weighted by atomic mass is 10.1. The van der Waals surface area contributed by atoms with Gasteiger partial charge in [-0.1, -0.05) is 30.3 Å². The van der Waals surface area contributed by atoms with Crippen LogP contribution in [0, 0.1) is 5.92 Å². The van der Waals surface area contributed by atoms with Crippen LogP contribution < -0.4 is 5.32 Å². The first-order valence-corrected chi connectivity index (χ1v) is 7.38. The Morgan fingerprint density at radius 3 is 2.74 bits per heavy atom. The fourth-order valence-corrected chi connectivity index (χ4v) is 2.81. The van der Waals surface area contributed by atoms with E-state index < -0.39 is 0 Å². The van der Waals surface area contributed by atoms with Crippen molar-refractivity contribution in [2.45, 2.75) is 38.3 Å². The Morgan fingerprint density at radius 2 is 2.00 bits per heavy atom. The van der Waals surface area contributed by atoms with E-state index in [1.54, 1.807) is 0 Å². The zero-order valence-electron chi connectivity index (χ0n) is 11.3. The van der Waals surface area contributed by atoms with Crippen molar-refractivity contribution in [3.63, 3.8) is 0 Å². The van der Waals surface area contributed by atoms with E-state index in [9.17, 15) is 4.79 Å². The monoisotopic (exact) mass is 258 g/mol. The molecule has 102 valence electrons. The number of nitrogens with one attached hydrogen (secondary N) is 1. The van der Waals surface area contributed by atoms with E-state index in [4.69, 9.17) is 0 Å². The van der Waals surface area contributed by atoms with Crippen LogP contribution >= 0.6 is 0 Å². The highest BCUT2D eigenvalue weighted by atomic mass is 16.2. The molecule has 1 N–H and O–H groups in total. The fraction of sp³-hybridized carbons (Fsp3) is 0.562. The number of likely N-dealkylation sites (tertiary alicyclic amines) is 1. The second kappa shape index (κ2) is 5.74. The van der Waals surface area contributed by atoms with Crippen molar-refractivity contribution in [2.75, 3.05) is 13.1 Å². The molecule has 1 aromatic carbocycles. The smallest absolute Gasteiger partial charge is 0.237 e. The van der Waals surface area contributed by atoms with Crippen molar-refractivity contribution in [2.24, 2.45) is 5.92 Å². The molecule has 0 spiro atoms. The van der Waals surface area contributed by atoms with Crippen molar-refractivity contribution in [1.29, 1.82) is 0 Å². The summed E-state index contributed by atoms with van der Waals surface area (Å²) in [5.74, 6) is 0.994. The van der Waals surface area contributed by atoms with Crippen LogP contribution in [0.25, 0.3) is 0 Å². The maximum absolute atomic E-state index is 12.2. The highest BCUT2D eigenvalue weighted by molar-refractivity contribution is 5.82. The van der Waals surface area contributed by atoms with E-state index in [-0.39, 0.29) is 11.9 Å². The maximum Gasteiger partial charge on any atom is 0.237 e. The minimum atomic E-state index is 0.0824. The lowest BCUT2D eigenvalue weighted by Gasteiger charge is -2.23. The van der Waals surface area contributed by atoms with Gasteiger partial charge in [-0.05, 0) is 43.7 Å². The number of carbonyl (C=O) groups excluding carboxylic acids is 1. The summed E-state index contributed by atoms with van der Waals surface area (Å²) in [6, 6.07) is 10.5. The predicted molar refractivity (Wildman–Crippen MR) is 75.6 cm³/mol. The van der Waals surface area contributed by atoms with Gasteiger partial charge in [0.15, 0.2) is 0 Å². The largest absolute Gasteiger partial charge is 0.354 e. The molecule has 1 saturated carbocycles. The van der Waals surface area contributed by atoms with Gasteiger partial charge in [0.2, 0.25) is 5.91 Å². The summed E-state index contributed by atoms with van der Waals surface area (Å²) in [4.78, 5) is 14.5. The van der Waals surface area contributed by atoms with E-state index in [0.717, 1.165) is 38.4 Å². The van der Waals surface area contributed by atoms with Crippen LogP contribution in [0.15, 0.2) is 30.3 Å². The topological polar surface area (TPSA) is 32.3 Å². The average molecular weight is 258 g/mol. The number of hydrogen-bond donors (Lipinski definition) is 1. The second-order valence-electron chi connectivity index (χ2n) is 5.80. The zero-order valence-corrected chi connectivity index (χ0v) is 11.3. The van der Waals surface area contributed by atoms with Gasteiger partial charge in [0.1, 0.15) is 0 Å². The van der Waals surface area contributed by atoms with E-state index in [1.165, 1.54) is 18.4 Å². The molecule has 1 saturated heterocycles. The van der Waals surface area contributed by atoms with Gasteiger partial charge in [-0.3, -0.25) is 9.69 Å². The molecule has 0 bridgehead atoms. The number of benzene rings is 1. The molecule has 3 heteroatoms. The third kappa shape index (κ3) is 3.35. The first kappa shape index (κ1) is 12.7. The molecular formula is C16H22N2O. The Kier molecular flexibility index (Phi) is 3.83. The molecule has 1 aromatic rings. The Labute approximate surface area is 115 Å². The SMILES string of the molecule is O=C(NCC1CC1)[C@@H]1CCCN1Cc1ccccc1. The third-order valence-corrected chi connectivity index (χ3v) is 4.16. The van der Waals surface area contributed by atoms with Gasteiger partial charge in [-0.15, -0.1) is 0 Å². The number of rotatable bonds is 5. The van der Waals surface area contributed by atoms with Crippen LogP contribution in [-0.4, -0.2) is 29.9 Å². The van der Waals surface area contributed by atoms with E-state index in [1.807, 2.05) is 6.07 Å². The second-order valence-corrected chi connectivity index (χ2v) is 5.80. The summed E-state index contributed by atoms with van der Waals surface area (Å²) < 4.78 is 0. The Balaban J connectivity index is 1.55. The fourth-order valence-electron chi connectivity index (χ4n) is 2.81. The summed E-state index contributed by atoms with van der Waals surface area (Å²) in [6.45, 7) is 2.81. The molecule has 1 heterocycles. The standard InChI is InChI=1S/C16H22N2O/c19-16(17-11-13-8-9-13)15-7-4-10-18(15)12-14-5-2-1-3-6-14/h1-3,5-6,13,15H,4,7-12H2,(H,17,19)/t15-/m0/s1. The summed E-state index contributed by atoms with van der Waals surface area (Å²) in [6.07, 6.45) is 4.72. The average Bonchev–Trinajstić information content (AvgIpc) is 3.16. The summed E-state index contributed by atoms with van der Waals surface area (Å²) in [5.41, 5.74) is 1.30. The van der Waals surface area contributed by atoms with Gasteiger partial charge in [0.05, 0.1) is 6.04 Å². The highest BCUT2D eigenvalue weighted by Gasteiger charge is 2.31. The van der Waals surface area contributed by atoms with Gasteiger partial charge in [0, 0.05) is 13.1 Å². The van der Waals surface area contributed by atoms with Gasteiger partial charge in [-0.25, -0.2) is 0 Å². The minimum Gasteiger partial charge on any atom is -0.354 e. The molecule has 1 aliphatic heterocycles. The molecule has 1 aliphatic carbocycles. The highest BCUT2D eigenvalue weighted by Crippen LogP contribution is 2.28. The number of nitrogens with zero attached hydrogens (tertiary/aromatic N) is 1. The first-order chi connectivity index (χ1) is 9.33. The normalized spacial score (nSPS) is 23.5. The lowest BCUT2D eigenvalue weighted by Crippen LogP contribution is -2.43. The molecule has 3 rings (SSSR count). The van der Waals surface area contributed by atoms with E-state index >= 15 is 0 Å². The van der Waals surface area contributed by atoms with Crippen molar-refractivity contribution in [1.82, 2.24) is 10.2 Å². The summed E-state index contributed by atoms with van der Waals surface area (Å²) >= 11 is 0. The Hall–Kier alpha value is -1.35. The molecular weight excluding hydrogens is 236 g/mol. The molecule has 2 aliphatic rings. The molecule has 0 unspecified atom stereocenters. The van der Waals surface area contributed by atoms with Crippen LogP contribution in [0.1, 0.15) is 31.2 Å². The Bertz CT molecular complexity index is 428. The number of amides is 1. The zero-order chi connectivity index (χ0) is 13.1. The van der Waals surface area contributed by atoms with Crippen LogP contribution in [0.5, 0.6) is 0 Å². The van der Waals surface area contributed by atoms with Gasteiger partial charge >= 0.3 is 0 Å². The number of carbonyl (C=O) groups is 1. The number of hydrogen-bond acceptors (Lipinski definition) is 2. The molecule has 1 amide bonds. The van der Waals surface area contributed by atoms with Crippen molar-refractivity contribution in [3.8, 4) is 0 Å². The van der Waals surface area contributed by atoms with Crippen LogP contribution in [0.3, 0.4) is 0 Å². The maximum atomic E-state index is 12.2. The third-order valence-electron chi connectivity index (χ3n) is 4.16. The predicted octanol–water partition coefficient (Wildman–Crippen LogP) is 2.18. The van der Waals surface area contributed by atoms with E-state index in [0.29, 0.717) is 0 Å². The minimum absolute atomic E-state index is 0.0824. The van der Waals surface area contributed by atoms with Crippen molar-refractivity contribution < 1.29 is 4.79 Å². The van der Waals surface area contributed by atoms with Crippen LogP contribution in [0.4, 0.5) is 0 Å². The van der Waals surface area contributed by atoms with Crippen molar-refractivity contribution >= 4 is 5.91 Å². The van der Waals surface area contributed by atoms with Gasteiger partial charge < -0.3 is 5.32 Å². The van der Waals surface area contributed by atoms with Gasteiger partial charge in [-0.2, -0.15) is 0 Å². The first-order valence-electron chi connectivity index (χ1n) is 7.38. The molecule has 19 heavy (non-hydrogen) atoms. The molecule has 1 atom stereocenters. The van der Waals surface area contributed by atoms with Crippen molar-refractivity contribution in [3.05, 3.63) is 35.9 Å². The van der Waals surface area contributed by atoms with Crippen LogP contribution in [0.2, 0.25) is 0 Å². The Morgan fingerprint density at radius 1 is 1.21 bits per heavy atom. The molecule has 0 aromatic heterocycles. The van der Waals surface area contributed by atoms with E-state index in [2.05, 4.69) is 34.5 Å². The molecule has 2 fully saturated rings. The van der Waals surface area contributed by atoms with Gasteiger partial charge in [0.25, 0.3) is 0 Å². The quantitative estimate of drug-likeness (QED) is 0.878. The summed E-state index contributed by atoms with van der Waals surface area (Å²) in [7, 11) is 0. The summed E-state index contributed by atoms with van der Waals surface area (Å²) in [5, 5.41) is 3.12. The van der Waals surface area contributed by atoms with Crippen LogP contribution in [-0.2, 0) is 11.3 Å². The lowest BCUT2D eigenvalue weighted by molar-refractivity contribution is -0.125. The molecule has 3 nitrogen and oxygen atoms in total.